The maximum Gasteiger partial charge on any atom is 0.407 e. The molecule has 8 nitrogen and oxygen atoms in total. The number of aliphatic imine (C=N–C) groups is 1. The topological polar surface area (TPSA) is 92.6 Å². The highest BCUT2D eigenvalue weighted by Gasteiger charge is 2.32. The van der Waals surface area contributed by atoms with Crippen LogP contribution in [0, 0.1) is 12.8 Å². The van der Waals surface area contributed by atoms with Crippen molar-refractivity contribution in [2.24, 2.45) is 10.9 Å². The Kier molecular flexibility index (Phi) is 7.32. The third kappa shape index (κ3) is 5.85. The summed E-state index contributed by atoms with van der Waals surface area (Å²) >= 11 is 0. The number of carbonyl (C=O) groups excluding carboxylic acids is 1. The molecule has 158 valence electrons. The molecule has 1 aliphatic rings. The molecule has 1 atom stereocenters. The molecule has 1 unspecified atom stereocenters. The van der Waals surface area contributed by atoms with Crippen molar-refractivity contribution in [3.05, 3.63) is 30.1 Å². The fourth-order valence-electron chi connectivity index (χ4n) is 3.51. The number of fused-ring (bicyclic) bond motifs is 1. The van der Waals surface area contributed by atoms with Gasteiger partial charge in [-0.2, -0.15) is 0 Å². The second kappa shape index (κ2) is 10.1. The molecule has 1 fully saturated rings. The molecule has 3 N–H and O–H groups in total. The zero-order valence-corrected chi connectivity index (χ0v) is 17.6. The maximum absolute atomic E-state index is 11.7. The number of para-hydroxylation sites is 2. The van der Waals surface area contributed by atoms with E-state index in [0.717, 1.165) is 49.7 Å². The minimum atomic E-state index is -0.350. The van der Waals surface area contributed by atoms with Gasteiger partial charge in [0.25, 0.3) is 0 Å². The Morgan fingerprint density at radius 1 is 1.34 bits per heavy atom. The van der Waals surface area contributed by atoms with Gasteiger partial charge in [-0.05, 0) is 51.2 Å². The molecular formula is C21H32N6O2. The molecule has 1 amide bonds. The van der Waals surface area contributed by atoms with E-state index < -0.39 is 0 Å². The van der Waals surface area contributed by atoms with Crippen LogP contribution in [0.2, 0.25) is 0 Å². The van der Waals surface area contributed by atoms with Crippen molar-refractivity contribution in [1.82, 2.24) is 25.5 Å². The van der Waals surface area contributed by atoms with Gasteiger partial charge in [0.2, 0.25) is 0 Å². The van der Waals surface area contributed by atoms with Gasteiger partial charge in [0.05, 0.1) is 23.7 Å². The van der Waals surface area contributed by atoms with Crippen LogP contribution >= 0.6 is 0 Å². The quantitative estimate of drug-likeness (QED) is 0.342. The molecule has 0 spiro atoms. The lowest BCUT2D eigenvalue weighted by Gasteiger charge is -2.20. The Balaban J connectivity index is 1.43. The molecule has 1 aromatic heterocycles. The van der Waals surface area contributed by atoms with Crippen LogP contribution in [-0.2, 0) is 11.3 Å². The van der Waals surface area contributed by atoms with Crippen LogP contribution in [0.5, 0.6) is 0 Å². The van der Waals surface area contributed by atoms with Crippen molar-refractivity contribution in [2.75, 3.05) is 26.7 Å². The number of benzene rings is 1. The van der Waals surface area contributed by atoms with E-state index >= 15 is 0 Å². The molecule has 1 aromatic carbocycles. The van der Waals surface area contributed by atoms with Crippen LogP contribution in [-0.4, -0.2) is 54.4 Å². The molecular weight excluding hydrogens is 368 g/mol. The summed E-state index contributed by atoms with van der Waals surface area (Å²) in [6, 6.07) is 8.28. The summed E-state index contributed by atoms with van der Waals surface area (Å²) in [5, 5.41) is 9.63. The second-order valence-electron chi connectivity index (χ2n) is 7.34. The van der Waals surface area contributed by atoms with E-state index in [0.29, 0.717) is 19.1 Å². The Hall–Kier alpha value is -2.77. The molecule has 8 heteroatoms. The second-order valence-corrected chi connectivity index (χ2v) is 7.34. The fraction of sp³-hybridized carbons (Fsp3) is 0.571. The van der Waals surface area contributed by atoms with Gasteiger partial charge in [-0.1, -0.05) is 12.1 Å². The van der Waals surface area contributed by atoms with Gasteiger partial charge >= 0.3 is 6.09 Å². The number of hydrogen-bond donors (Lipinski definition) is 3. The SMILES string of the molecule is CCOC(=O)NC(CNC(=NC)NCCCn1c(C)nc2ccccc21)C1CC1. The van der Waals surface area contributed by atoms with Gasteiger partial charge in [-0.25, -0.2) is 9.78 Å². The first kappa shape index (κ1) is 21.0. The number of imidazole rings is 1. The zero-order valence-electron chi connectivity index (χ0n) is 17.6. The molecule has 1 saturated carbocycles. The van der Waals surface area contributed by atoms with E-state index in [-0.39, 0.29) is 12.1 Å². The molecule has 2 aromatic rings. The fourth-order valence-corrected chi connectivity index (χ4v) is 3.51. The summed E-state index contributed by atoms with van der Waals surface area (Å²) in [6.45, 7) is 6.56. The lowest BCUT2D eigenvalue weighted by molar-refractivity contribution is 0.146. The molecule has 0 aliphatic heterocycles. The summed E-state index contributed by atoms with van der Waals surface area (Å²) in [4.78, 5) is 20.6. The average Bonchev–Trinajstić information content (AvgIpc) is 3.50. The summed E-state index contributed by atoms with van der Waals surface area (Å²) in [5.74, 6) is 2.29. The average molecular weight is 401 g/mol. The zero-order chi connectivity index (χ0) is 20.6. The summed E-state index contributed by atoms with van der Waals surface area (Å²) in [5.41, 5.74) is 2.21. The molecule has 1 aliphatic carbocycles. The molecule has 0 radical (unpaired) electrons. The highest BCUT2D eigenvalue weighted by Crippen LogP contribution is 2.32. The standard InChI is InChI=1S/C21H32N6O2/c1-4-29-21(28)26-18(16-10-11-16)14-24-20(22-3)23-12-7-13-27-15(2)25-17-8-5-6-9-19(17)27/h5-6,8-9,16,18H,4,7,10-14H2,1-3H3,(H,26,28)(H2,22,23,24). The first-order valence-electron chi connectivity index (χ1n) is 10.4. The van der Waals surface area contributed by atoms with Crippen molar-refractivity contribution >= 4 is 23.1 Å². The third-order valence-electron chi connectivity index (χ3n) is 5.18. The maximum atomic E-state index is 11.7. The highest BCUT2D eigenvalue weighted by molar-refractivity contribution is 5.79. The smallest absolute Gasteiger partial charge is 0.407 e. The van der Waals surface area contributed by atoms with Crippen LogP contribution < -0.4 is 16.0 Å². The monoisotopic (exact) mass is 400 g/mol. The largest absolute Gasteiger partial charge is 0.450 e. The number of hydrogen-bond acceptors (Lipinski definition) is 4. The van der Waals surface area contributed by atoms with Gasteiger partial charge in [0.15, 0.2) is 5.96 Å². The normalized spacial score (nSPS) is 15.2. The lowest BCUT2D eigenvalue weighted by Crippen LogP contribution is -2.48. The number of aryl methyl sites for hydroxylation is 2. The van der Waals surface area contributed by atoms with E-state index in [4.69, 9.17) is 4.74 Å². The first-order chi connectivity index (χ1) is 14.1. The van der Waals surface area contributed by atoms with E-state index in [2.05, 4.69) is 36.6 Å². The Morgan fingerprint density at radius 3 is 2.86 bits per heavy atom. The number of carbonyl (C=O) groups is 1. The number of amides is 1. The van der Waals surface area contributed by atoms with Gasteiger partial charge < -0.3 is 25.3 Å². The minimum absolute atomic E-state index is 0.0626. The molecule has 0 saturated heterocycles. The Morgan fingerprint density at radius 2 is 2.14 bits per heavy atom. The number of alkyl carbamates (subject to hydrolysis) is 1. The minimum Gasteiger partial charge on any atom is -0.450 e. The van der Waals surface area contributed by atoms with Crippen molar-refractivity contribution in [1.29, 1.82) is 0 Å². The van der Waals surface area contributed by atoms with Crippen molar-refractivity contribution in [3.63, 3.8) is 0 Å². The number of nitrogens with zero attached hydrogens (tertiary/aromatic N) is 3. The summed E-state index contributed by atoms with van der Waals surface area (Å²) < 4.78 is 7.26. The predicted octanol–water partition coefficient (Wildman–Crippen LogP) is 2.42. The van der Waals surface area contributed by atoms with Gasteiger partial charge in [0.1, 0.15) is 5.82 Å². The predicted molar refractivity (Wildman–Crippen MR) is 115 cm³/mol. The van der Waals surface area contributed by atoms with Crippen LogP contribution in [0.25, 0.3) is 11.0 Å². The number of guanidine groups is 1. The number of ether oxygens (including phenoxy) is 1. The third-order valence-corrected chi connectivity index (χ3v) is 5.18. The van der Waals surface area contributed by atoms with E-state index in [1.807, 2.05) is 32.0 Å². The van der Waals surface area contributed by atoms with Gasteiger partial charge in [0, 0.05) is 26.7 Å². The molecule has 29 heavy (non-hydrogen) atoms. The number of rotatable bonds is 9. The summed E-state index contributed by atoms with van der Waals surface area (Å²) in [7, 11) is 1.76. The summed E-state index contributed by atoms with van der Waals surface area (Å²) in [6.07, 6.45) is 2.89. The van der Waals surface area contributed by atoms with Gasteiger partial charge in [-0.15, -0.1) is 0 Å². The van der Waals surface area contributed by atoms with Crippen LogP contribution in [0.4, 0.5) is 4.79 Å². The van der Waals surface area contributed by atoms with E-state index in [1.165, 1.54) is 5.52 Å². The van der Waals surface area contributed by atoms with Crippen molar-refractivity contribution in [3.8, 4) is 0 Å². The number of aromatic nitrogens is 2. The van der Waals surface area contributed by atoms with Gasteiger partial charge in [-0.3, -0.25) is 4.99 Å². The molecule has 3 rings (SSSR count). The van der Waals surface area contributed by atoms with Crippen molar-refractivity contribution in [2.45, 2.75) is 45.7 Å². The van der Waals surface area contributed by atoms with Crippen molar-refractivity contribution < 1.29 is 9.53 Å². The van der Waals surface area contributed by atoms with E-state index in [1.54, 1.807) is 7.05 Å². The Bertz CT molecular complexity index is 843. The van der Waals surface area contributed by atoms with Crippen LogP contribution in [0.3, 0.4) is 0 Å². The highest BCUT2D eigenvalue weighted by atomic mass is 16.5. The van der Waals surface area contributed by atoms with E-state index in [9.17, 15) is 4.79 Å². The molecule has 0 bridgehead atoms. The number of nitrogens with one attached hydrogen (secondary N) is 3. The first-order valence-corrected chi connectivity index (χ1v) is 10.4. The van der Waals surface area contributed by atoms with Crippen LogP contribution in [0.1, 0.15) is 32.0 Å². The Labute approximate surface area is 172 Å². The van der Waals surface area contributed by atoms with Crippen LogP contribution in [0.15, 0.2) is 29.3 Å². The molecule has 1 heterocycles. The lowest BCUT2D eigenvalue weighted by atomic mass is 10.2.